The number of hydrogen-bond donors (Lipinski definition) is 2. The Hall–Kier alpha value is -6.36. The lowest BCUT2D eigenvalue weighted by molar-refractivity contribution is -0.397. The quantitative estimate of drug-likeness (QED) is 0.0636. The Balaban J connectivity index is 1.82. The van der Waals surface area contributed by atoms with E-state index < -0.39 is 86.6 Å². The van der Waals surface area contributed by atoms with Gasteiger partial charge in [-0.1, -0.05) is 91.0 Å². The Labute approximate surface area is 313 Å². The van der Waals surface area contributed by atoms with E-state index in [9.17, 15) is 44.2 Å². The molecule has 4 rings (SSSR count). The number of benzene rings is 3. The Morgan fingerprint density at radius 2 is 1.28 bits per heavy atom. The average Bonchev–Trinajstić information content (AvgIpc) is 3.18. The fourth-order valence-corrected chi connectivity index (χ4v) is 7.26. The van der Waals surface area contributed by atoms with Crippen molar-refractivity contribution in [3.8, 4) is 0 Å². The molecule has 0 saturated carbocycles. The molecule has 2 N–H and O–H groups in total. The molecule has 2 atom stereocenters. The van der Waals surface area contributed by atoms with E-state index in [0.29, 0.717) is 12.4 Å². The summed E-state index contributed by atoms with van der Waals surface area (Å²) in [5, 5.41) is 28.6. The largest absolute Gasteiger partial charge is 0.469 e. The predicted octanol–water partition coefficient (Wildman–Crippen LogP) is 4.05. The third kappa shape index (κ3) is 9.74. The lowest BCUT2D eigenvalue weighted by Crippen LogP contribution is -2.51. The first-order valence-electron chi connectivity index (χ1n) is 16.6. The van der Waals surface area contributed by atoms with Gasteiger partial charge >= 0.3 is 28.7 Å². The van der Waals surface area contributed by atoms with E-state index in [-0.39, 0.29) is 12.4 Å². The smallest absolute Gasteiger partial charge is 0.339 e. The molecule has 0 bridgehead atoms. The van der Waals surface area contributed by atoms with Crippen molar-refractivity contribution in [2.24, 2.45) is 0 Å². The van der Waals surface area contributed by atoms with E-state index in [2.05, 4.69) is 10.6 Å². The summed E-state index contributed by atoms with van der Waals surface area (Å²) in [7, 11) is 1.10. The van der Waals surface area contributed by atoms with Crippen LogP contribution in [0.1, 0.15) is 42.5 Å². The van der Waals surface area contributed by atoms with Gasteiger partial charge in [-0.25, -0.2) is 0 Å². The van der Waals surface area contributed by atoms with E-state index in [1.807, 2.05) is 91.0 Å². The van der Waals surface area contributed by atoms with Gasteiger partial charge in [-0.15, -0.1) is 11.8 Å². The highest BCUT2D eigenvalue weighted by Gasteiger charge is 2.39. The number of esters is 2. The van der Waals surface area contributed by atoms with Crippen molar-refractivity contribution in [1.29, 1.82) is 0 Å². The average molecular weight is 760 g/mol. The molecule has 0 aliphatic heterocycles. The first-order chi connectivity index (χ1) is 25.9. The van der Waals surface area contributed by atoms with Gasteiger partial charge in [0.2, 0.25) is 11.8 Å². The van der Waals surface area contributed by atoms with Crippen LogP contribution in [0.5, 0.6) is 0 Å². The van der Waals surface area contributed by atoms with Crippen molar-refractivity contribution < 1.29 is 38.5 Å². The van der Waals surface area contributed by atoms with E-state index in [1.165, 1.54) is 11.8 Å². The SMILES string of the molecule is CCOC(=O)CNC(=O)[C@H](CSC(c1ccccc1)(c1ccccc1)c1ccccc1)NC(=O)[C@@H](CCC(=O)OC)n1cc([N+](=O)[O-])c(=O)c([N+](=O)[O-])c1. The highest BCUT2D eigenvalue weighted by molar-refractivity contribution is 8.00. The molecule has 282 valence electrons. The number of nitrogens with zero attached hydrogens (tertiary/aromatic N) is 3. The molecule has 1 aromatic heterocycles. The minimum atomic E-state index is -1.59. The van der Waals surface area contributed by atoms with Crippen molar-refractivity contribution in [1.82, 2.24) is 15.2 Å². The number of methoxy groups -OCH3 is 1. The number of aromatic nitrogens is 1. The van der Waals surface area contributed by atoms with Crippen LogP contribution in [0, 0.1) is 20.2 Å². The predicted molar refractivity (Wildman–Crippen MR) is 198 cm³/mol. The topological polar surface area (TPSA) is 219 Å². The van der Waals surface area contributed by atoms with Gasteiger partial charge in [0.1, 0.15) is 18.6 Å². The molecule has 0 unspecified atom stereocenters. The van der Waals surface area contributed by atoms with E-state index in [0.717, 1.165) is 28.4 Å². The zero-order valence-electron chi connectivity index (χ0n) is 29.2. The molecule has 0 saturated heterocycles. The fraction of sp³-hybridized carbons (Fsp3) is 0.270. The first-order valence-corrected chi connectivity index (χ1v) is 17.6. The van der Waals surface area contributed by atoms with Crippen molar-refractivity contribution >= 4 is 46.9 Å². The zero-order valence-corrected chi connectivity index (χ0v) is 30.1. The van der Waals surface area contributed by atoms with Crippen LogP contribution >= 0.6 is 11.8 Å². The van der Waals surface area contributed by atoms with Gasteiger partial charge in [0.05, 0.1) is 40.7 Å². The maximum absolute atomic E-state index is 14.2. The molecular formula is C37H37N5O11S. The Kier molecular flexibility index (Phi) is 14.2. The standard InChI is InChI=1S/C37H37N5O11S/c1-3-53-33(44)21-38-35(46)28(24-54-37(25-13-7-4-8-14-25,26-15-9-5-10-16-26)27-17-11-6-12-18-27)39-36(47)29(19-20-32(43)52-2)40-22-30(41(48)49)34(45)31(23-40)42(50)51/h4-18,22-23,28-29H,3,19-21,24H2,1-2H3,(H,38,46)(H,39,47)/t28-,29+/m0/s1. The monoisotopic (exact) mass is 759 g/mol. The molecule has 0 aliphatic rings. The number of hydrogen-bond acceptors (Lipinski definition) is 12. The minimum Gasteiger partial charge on any atom is -0.469 e. The Morgan fingerprint density at radius 1 is 0.796 bits per heavy atom. The molecule has 0 radical (unpaired) electrons. The van der Waals surface area contributed by atoms with E-state index in [1.54, 1.807) is 6.92 Å². The van der Waals surface area contributed by atoms with Crippen molar-refractivity contribution in [3.63, 3.8) is 0 Å². The first kappa shape index (κ1) is 40.4. The van der Waals surface area contributed by atoms with Gasteiger partial charge < -0.3 is 24.7 Å². The zero-order chi connectivity index (χ0) is 39.3. The number of amides is 2. The summed E-state index contributed by atoms with van der Waals surface area (Å²) < 4.78 is 9.47. The summed E-state index contributed by atoms with van der Waals surface area (Å²) in [6.07, 6.45) is 0.497. The number of carbonyl (C=O) groups is 4. The molecule has 2 amide bonds. The minimum absolute atomic E-state index is 0.0536. The second kappa shape index (κ2) is 18.9. The number of carbonyl (C=O) groups excluding carboxylic acids is 4. The van der Waals surface area contributed by atoms with E-state index >= 15 is 0 Å². The van der Waals surface area contributed by atoms with Crippen LogP contribution in [0.25, 0.3) is 0 Å². The Morgan fingerprint density at radius 3 is 1.70 bits per heavy atom. The second-order valence-electron chi connectivity index (χ2n) is 11.6. The number of thioether (sulfide) groups is 1. The number of rotatable bonds is 18. The summed E-state index contributed by atoms with van der Waals surface area (Å²) in [5.41, 5.74) is -1.33. The highest BCUT2D eigenvalue weighted by atomic mass is 32.2. The van der Waals surface area contributed by atoms with Crippen molar-refractivity contribution in [2.45, 2.75) is 36.6 Å². The molecule has 3 aromatic carbocycles. The van der Waals surface area contributed by atoms with Gasteiger partial charge in [-0.3, -0.25) is 44.2 Å². The maximum atomic E-state index is 14.2. The fourth-order valence-electron chi connectivity index (χ4n) is 5.70. The van der Waals surface area contributed by atoms with Crippen LogP contribution in [0.4, 0.5) is 11.4 Å². The summed E-state index contributed by atoms with van der Waals surface area (Å²) in [6, 6.07) is 25.4. The lowest BCUT2D eigenvalue weighted by Gasteiger charge is -2.36. The summed E-state index contributed by atoms with van der Waals surface area (Å²) in [5.74, 6) is -3.41. The van der Waals surface area contributed by atoms with Gasteiger partial charge in [-0.2, -0.15) is 0 Å². The van der Waals surface area contributed by atoms with E-state index in [4.69, 9.17) is 9.47 Å². The number of pyridine rings is 1. The van der Waals surface area contributed by atoms with Crippen molar-refractivity contribution in [2.75, 3.05) is 26.0 Å². The van der Waals surface area contributed by atoms with Crippen LogP contribution in [0.3, 0.4) is 0 Å². The molecule has 1 heterocycles. The highest BCUT2D eigenvalue weighted by Crippen LogP contribution is 2.48. The van der Waals surface area contributed by atoms with Gasteiger partial charge in [0.15, 0.2) is 0 Å². The molecule has 17 heteroatoms. The summed E-state index contributed by atoms with van der Waals surface area (Å²) in [4.78, 5) is 86.2. The maximum Gasteiger partial charge on any atom is 0.339 e. The molecule has 0 spiro atoms. The van der Waals surface area contributed by atoms with Crippen LogP contribution in [-0.4, -0.2) is 70.2 Å². The van der Waals surface area contributed by atoms with Gasteiger partial charge in [0, 0.05) is 12.2 Å². The van der Waals surface area contributed by atoms with Gasteiger partial charge in [-0.05, 0) is 30.0 Å². The van der Waals surface area contributed by atoms with Gasteiger partial charge in [0.25, 0.3) is 0 Å². The van der Waals surface area contributed by atoms with Crippen LogP contribution < -0.4 is 16.1 Å². The molecule has 0 fully saturated rings. The van der Waals surface area contributed by atoms with Crippen LogP contribution in [0.2, 0.25) is 0 Å². The number of nitro groups is 2. The number of nitrogens with one attached hydrogen (secondary N) is 2. The molecule has 54 heavy (non-hydrogen) atoms. The lowest BCUT2D eigenvalue weighted by atomic mass is 9.84. The normalized spacial score (nSPS) is 12.1. The molecule has 16 nitrogen and oxygen atoms in total. The second-order valence-corrected chi connectivity index (χ2v) is 12.9. The summed E-state index contributed by atoms with van der Waals surface area (Å²) in [6.45, 7) is 1.11. The number of ether oxygens (including phenoxy) is 2. The molecule has 0 aliphatic carbocycles. The summed E-state index contributed by atoms with van der Waals surface area (Å²) >= 11 is 1.30. The Bertz CT molecular complexity index is 1890. The third-order valence-electron chi connectivity index (χ3n) is 8.27. The van der Waals surface area contributed by atoms with Crippen molar-refractivity contribution in [3.05, 3.63) is 151 Å². The van der Waals surface area contributed by atoms with Crippen LogP contribution in [0.15, 0.2) is 108 Å². The van der Waals surface area contributed by atoms with Crippen LogP contribution in [-0.2, 0) is 33.4 Å². The third-order valence-corrected chi connectivity index (χ3v) is 9.91. The molecular weight excluding hydrogens is 722 g/mol. The molecule has 4 aromatic rings.